The number of nitrogens with one attached hydrogen (secondary N) is 1. The van der Waals surface area contributed by atoms with Gasteiger partial charge in [0.2, 0.25) is 5.89 Å². The molecule has 6 nitrogen and oxygen atoms in total. The summed E-state index contributed by atoms with van der Waals surface area (Å²) in [5.41, 5.74) is 8.23. The molecular weight excluding hydrogens is 226 g/mol. The number of rotatable bonds is 5. The third-order valence-corrected chi connectivity index (χ3v) is 3.01. The lowest BCUT2D eigenvalue weighted by atomic mass is 10.4. The highest BCUT2D eigenvalue weighted by Gasteiger charge is 2.06. The molecule has 2 rings (SSSR count). The fourth-order valence-electron chi connectivity index (χ4n) is 1.20. The second kappa shape index (κ2) is 5.04. The zero-order valence-electron chi connectivity index (χ0n) is 8.93. The quantitative estimate of drug-likeness (QED) is 0.807. The first kappa shape index (κ1) is 11.0. The van der Waals surface area contributed by atoms with E-state index in [2.05, 4.69) is 20.5 Å². The number of hydrogen-bond acceptors (Lipinski definition) is 7. The van der Waals surface area contributed by atoms with E-state index >= 15 is 0 Å². The molecule has 0 aliphatic rings. The molecule has 7 heteroatoms. The highest BCUT2D eigenvalue weighted by atomic mass is 32.1. The second-order valence-corrected chi connectivity index (χ2v) is 4.19. The standard InChI is InChI=1S/C9H13N5OS/c1-6-7(16-5-12-6)4-11-9-14-13-8(15-9)2-3-10/h5H,2-4,10H2,1H3,(H,11,14). The summed E-state index contributed by atoms with van der Waals surface area (Å²) in [6.45, 7) is 3.14. The average Bonchev–Trinajstić information content (AvgIpc) is 2.86. The van der Waals surface area contributed by atoms with Gasteiger partial charge in [-0.2, -0.15) is 0 Å². The van der Waals surface area contributed by atoms with Crippen LogP contribution in [-0.4, -0.2) is 21.7 Å². The van der Waals surface area contributed by atoms with E-state index in [1.54, 1.807) is 11.3 Å². The molecule has 2 heterocycles. The fourth-order valence-corrected chi connectivity index (χ4v) is 1.92. The van der Waals surface area contributed by atoms with E-state index in [4.69, 9.17) is 10.2 Å². The molecule has 0 amide bonds. The molecule has 2 aromatic heterocycles. The van der Waals surface area contributed by atoms with Crippen LogP contribution in [0.5, 0.6) is 0 Å². The molecule has 3 N–H and O–H groups in total. The van der Waals surface area contributed by atoms with Crippen LogP contribution in [0.1, 0.15) is 16.5 Å². The van der Waals surface area contributed by atoms with Crippen molar-refractivity contribution >= 4 is 17.4 Å². The summed E-state index contributed by atoms with van der Waals surface area (Å²) in [6, 6.07) is 0.427. The Morgan fingerprint density at radius 2 is 2.38 bits per heavy atom. The normalized spacial score (nSPS) is 10.6. The predicted octanol–water partition coefficient (Wildman–Crippen LogP) is 0.948. The second-order valence-electron chi connectivity index (χ2n) is 3.25. The molecule has 2 aromatic rings. The van der Waals surface area contributed by atoms with Gasteiger partial charge in [-0.1, -0.05) is 5.10 Å². The Morgan fingerprint density at radius 3 is 3.06 bits per heavy atom. The third kappa shape index (κ3) is 2.56. The molecule has 0 atom stereocenters. The van der Waals surface area contributed by atoms with E-state index in [9.17, 15) is 0 Å². The summed E-state index contributed by atoms with van der Waals surface area (Å²) in [5.74, 6) is 0.561. The summed E-state index contributed by atoms with van der Waals surface area (Å²) < 4.78 is 5.33. The summed E-state index contributed by atoms with van der Waals surface area (Å²) in [4.78, 5) is 5.32. The molecule has 0 aliphatic heterocycles. The minimum absolute atomic E-state index is 0.427. The van der Waals surface area contributed by atoms with Crippen LogP contribution in [0.3, 0.4) is 0 Å². The Morgan fingerprint density at radius 1 is 1.50 bits per heavy atom. The molecule has 0 unspecified atom stereocenters. The van der Waals surface area contributed by atoms with Crippen molar-refractivity contribution in [3.05, 3.63) is 22.0 Å². The van der Waals surface area contributed by atoms with Gasteiger partial charge in [-0.25, -0.2) is 4.98 Å². The number of nitrogens with zero attached hydrogens (tertiary/aromatic N) is 3. The molecule has 0 saturated heterocycles. The Kier molecular flexibility index (Phi) is 3.47. The summed E-state index contributed by atoms with van der Waals surface area (Å²) in [5, 5.41) is 10.8. The van der Waals surface area contributed by atoms with Crippen LogP contribution in [-0.2, 0) is 13.0 Å². The van der Waals surface area contributed by atoms with Crippen molar-refractivity contribution in [3.8, 4) is 0 Å². The van der Waals surface area contributed by atoms with Crippen molar-refractivity contribution in [2.24, 2.45) is 5.73 Å². The minimum atomic E-state index is 0.427. The molecule has 0 aromatic carbocycles. The van der Waals surface area contributed by atoms with E-state index in [0.717, 1.165) is 5.69 Å². The summed E-state index contributed by atoms with van der Waals surface area (Å²) in [6.07, 6.45) is 0.605. The van der Waals surface area contributed by atoms with Gasteiger partial charge in [-0.15, -0.1) is 16.4 Å². The van der Waals surface area contributed by atoms with Crippen LogP contribution in [0.25, 0.3) is 0 Å². The SMILES string of the molecule is Cc1ncsc1CNc1nnc(CCN)o1. The lowest BCUT2D eigenvalue weighted by molar-refractivity contribution is 0.506. The summed E-state index contributed by atoms with van der Waals surface area (Å²) in [7, 11) is 0. The van der Waals surface area contributed by atoms with Gasteiger partial charge >= 0.3 is 6.01 Å². The first-order chi connectivity index (χ1) is 7.79. The monoisotopic (exact) mass is 239 g/mol. The Bertz CT molecular complexity index is 452. The molecule has 0 radical (unpaired) electrons. The maximum Gasteiger partial charge on any atom is 0.315 e. The van der Waals surface area contributed by atoms with Crippen LogP contribution in [0.2, 0.25) is 0 Å². The smallest absolute Gasteiger partial charge is 0.315 e. The number of aromatic nitrogens is 3. The van der Waals surface area contributed by atoms with Gasteiger partial charge in [0.25, 0.3) is 0 Å². The van der Waals surface area contributed by atoms with Crippen molar-refractivity contribution in [2.75, 3.05) is 11.9 Å². The van der Waals surface area contributed by atoms with E-state index < -0.39 is 0 Å². The van der Waals surface area contributed by atoms with Crippen molar-refractivity contribution in [2.45, 2.75) is 19.9 Å². The zero-order valence-corrected chi connectivity index (χ0v) is 9.75. The van der Waals surface area contributed by atoms with Crippen LogP contribution < -0.4 is 11.1 Å². The number of anilines is 1. The maximum absolute atomic E-state index is 5.39. The molecule has 0 bridgehead atoms. The Balaban J connectivity index is 1.92. The van der Waals surface area contributed by atoms with Gasteiger partial charge in [0.1, 0.15) is 0 Å². The van der Waals surface area contributed by atoms with E-state index in [-0.39, 0.29) is 0 Å². The first-order valence-corrected chi connectivity index (χ1v) is 5.83. The van der Waals surface area contributed by atoms with Crippen molar-refractivity contribution < 1.29 is 4.42 Å². The molecular formula is C9H13N5OS. The van der Waals surface area contributed by atoms with Gasteiger partial charge in [0.05, 0.1) is 17.7 Å². The van der Waals surface area contributed by atoms with Gasteiger partial charge in [-0.3, -0.25) is 0 Å². The first-order valence-electron chi connectivity index (χ1n) is 4.95. The van der Waals surface area contributed by atoms with Gasteiger partial charge in [0.15, 0.2) is 0 Å². The fraction of sp³-hybridized carbons (Fsp3) is 0.444. The van der Waals surface area contributed by atoms with Crippen LogP contribution in [0.4, 0.5) is 6.01 Å². The topological polar surface area (TPSA) is 89.9 Å². The van der Waals surface area contributed by atoms with Crippen LogP contribution >= 0.6 is 11.3 Å². The molecule has 0 spiro atoms. The largest absolute Gasteiger partial charge is 0.408 e. The number of hydrogen-bond donors (Lipinski definition) is 2. The molecule has 16 heavy (non-hydrogen) atoms. The zero-order chi connectivity index (χ0) is 11.4. The van der Waals surface area contributed by atoms with Gasteiger partial charge in [-0.05, 0) is 6.92 Å². The lowest BCUT2D eigenvalue weighted by Gasteiger charge is -1.98. The van der Waals surface area contributed by atoms with Crippen molar-refractivity contribution in [3.63, 3.8) is 0 Å². The van der Waals surface area contributed by atoms with Gasteiger partial charge in [0, 0.05) is 17.8 Å². The van der Waals surface area contributed by atoms with E-state index in [1.807, 2.05) is 12.4 Å². The summed E-state index contributed by atoms with van der Waals surface area (Å²) >= 11 is 1.60. The Hall–Kier alpha value is -1.47. The number of aryl methyl sites for hydroxylation is 1. The molecule has 0 aliphatic carbocycles. The van der Waals surface area contributed by atoms with Crippen molar-refractivity contribution in [1.29, 1.82) is 0 Å². The molecule has 86 valence electrons. The highest BCUT2D eigenvalue weighted by molar-refractivity contribution is 7.09. The Labute approximate surface area is 96.9 Å². The van der Waals surface area contributed by atoms with Crippen molar-refractivity contribution in [1.82, 2.24) is 15.2 Å². The molecule has 0 saturated carbocycles. The van der Waals surface area contributed by atoms with Crippen LogP contribution in [0, 0.1) is 6.92 Å². The average molecular weight is 239 g/mol. The number of thiazole rings is 1. The molecule has 0 fully saturated rings. The lowest BCUT2D eigenvalue weighted by Crippen LogP contribution is -2.02. The van der Waals surface area contributed by atoms with E-state index in [0.29, 0.717) is 31.4 Å². The van der Waals surface area contributed by atoms with Crippen LogP contribution in [0.15, 0.2) is 9.93 Å². The van der Waals surface area contributed by atoms with Gasteiger partial charge < -0.3 is 15.5 Å². The minimum Gasteiger partial charge on any atom is -0.408 e. The maximum atomic E-state index is 5.39. The van der Waals surface area contributed by atoms with E-state index in [1.165, 1.54) is 4.88 Å². The predicted molar refractivity (Wildman–Crippen MR) is 61.2 cm³/mol. The number of nitrogens with two attached hydrogens (primary N) is 1. The third-order valence-electron chi connectivity index (χ3n) is 2.07. The highest BCUT2D eigenvalue weighted by Crippen LogP contribution is 2.14.